The Morgan fingerprint density at radius 3 is 2.33 bits per heavy atom. The van der Waals surface area contributed by atoms with Gasteiger partial charge in [-0.1, -0.05) is 36.1 Å². The molecule has 2 aromatic rings. The van der Waals surface area contributed by atoms with E-state index in [4.69, 9.17) is 0 Å². The van der Waals surface area contributed by atoms with Gasteiger partial charge in [-0.25, -0.2) is 13.2 Å². The zero-order chi connectivity index (χ0) is 23.4. The number of fused-ring (bicyclic) bond motifs is 1. The van der Waals surface area contributed by atoms with Gasteiger partial charge >= 0.3 is 0 Å². The second-order valence-electron chi connectivity index (χ2n) is 9.56. The van der Waals surface area contributed by atoms with E-state index in [0.717, 1.165) is 30.2 Å². The first-order chi connectivity index (χ1) is 16.0. The van der Waals surface area contributed by atoms with Crippen molar-refractivity contribution in [1.29, 1.82) is 0 Å². The lowest BCUT2D eigenvalue weighted by Gasteiger charge is -2.41. The number of benzene rings is 2. The molecule has 0 amide bonds. The van der Waals surface area contributed by atoms with Crippen LogP contribution < -0.4 is 0 Å². The van der Waals surface area contributed by atoms with Crippen molar-refractivity contribution in [3.8, 4) is 11.8 Å². The molecule has 0 bridgehead atoms. The van der Waals surface area contributed by atoms with Crippen molar-refractivity contribution in [1.82, 2.24) is 0 Å². The molecule has 33 heavy (non-hydrogen) atoms. The fraction of sp³-hybridized carbons (Fsp3) is 0.400. The molecule has 172 valence electrons. The minimum absolute atomic E-state index is 0.0632. The van der Waals surface area contributed by atoms with Crippen molar-refractivity contribution in [2.45, 2.75) is 57.3 Å². The molecule has 2 aromatic carbocycles. The Morgan fingerprint density at radius 2 is 1.58 bits per heavy atom. The van der Waals surface area contributed by atoms with E-state index >= 15 is 0 Å². The molecule has 0 aliphatic heterocycles. The zero-order valence-corrected chi connectivity index (χ0v) is 19.1. The first-order valence-electron chi connectivity index (χ1n) is 12.0. The molecule has 0 aromatic heterocycles. The van der Waals surface area contributed by atoms with Crippen molar-refractivity contribution in [2.24, 2.45) is 17.8 Å². The van der Waals surface area contributed by atoms with E-state index in [9.17, 15) is 13.2 Å². The first kappa shape index (κ1) is 23.4. The van der Waals surface area contributed by atoms with Gasteiger partial charge in [-0.3, -0.25) is 0 Å². The van der Waals surface area contributed by atoms with E-state index in [1.165, 1.54) is 37.8 Å². The van der Waals surface area contributed by atoms with Crippen LogP contribution in [-0.4, -0.2) is 0 Å². The van der Waals surface area contributed by atoms with Crippen LogP contribution in [0.15, 0.2) is 55.6 Å². The second-order valence-corrected chi connectivity index (χ2v) is 9.56. The van der Waals surface area contributed by atoms with E-state index in [1.54, 1.807) is 18.2 Å². The molecule has 2 saturated carbocycles. The van der Waals surface area contributed by atoms with E-state index < -0.39 is 17.5 Å². The Labute approximate surface area is 195 Å². The van der Waals surface area contributed by atoms with Gasteiger partial charge in [-0.15, -0.1) is 13.2 Å². The van der Waals surface area contributed by atoms with Gasteiger partial charge in [0.2, 0.25) is 0 Å². The predicted molar refractivity (Wildman–Crippen MR) is 128 cm³/mol. The number of aryl methyl sites for hydroxylation is 1. The SMILES string of the molecule is C=CCCc1ccc(C#Cc2ccc(C3CCC4CC(C=C)CCC4C3)cc2F)c(F)c1F. The highest BCUT2D eigenvalue weighted by molar-refractivity contribution is 5.46. The minimum atomic E-state index is -0.982. The van der Waals surface area contributed by atoms with Gasteiger partial charge in [0, 0.05) is 0 Å². The normalized spacial score (nSPS) is 24.3. The van der Waals surface area contributed by atoms with Crippen LogP contribution in [0.3, 0.4) is 0 Å². The third kappa shape index (κ3) is 5.27. The highest BCUT2D eigenvalue weighted by atomic mass is 19.2. The Morgan fingerprint density at radius 1 is 0.848 bits per heavy atom. The van der Waals surface area contributed by atoms with E-state index in [-0.39, 0.29) is 11.1 Å². The fourth-order valence-electron chi connectivity index (χ4n) is 5.60. The van der Waals surface area contributed by atoms with Crippen LogP contribution in [0.4, 0.5) is 13.2 Å². The monoisotopic (exact) mass is 448 g/mol. The molecule has 0 saturated heterocycles. The molecule has 0 spiro atoms. The third-order valence-corrected chi connectivity index (χ3v) is 7.56. The molecule has 4 rings (SSSR count). The topological polar surface area (TPSA) is 0 Å². The number of hydrogen-bond donors (Lipinski definition) is 0. The zero-order valence-electron chi connectivity index (χ0n) is 19.1. The first-order valence-corrected chi connectivity index (χ1v) is 12.0. The molecule has 4 atom stereocenters. The lowest BCUT2D eigenvalue weighted by Crippen LogP contribution is -2.30. The van der Waals surface area contributed by atoms with E-state index in [0.29, 0.717) is 30.2 Å². The molecule has 0 heterocycles. The largest absolute Gasteiger partial charge is 0.206 e. The second kappa shape index (κ2) is 10.5. The third-order valence-electron chi connectivity index (χ3n) is 7.56. The standard InChI is InChI=1S/C30H31F3/c1-3-5-6-22-12-13-23(30(33)29(22)32)11-9-21-10-14-27(19-28(21)31)26-16-15-24-17-20(4-2)7-8-25(24)18-26/h3-4,10,12-14,19-20,24-26H,1-2,5-8,15-18H2. The van der Waals surface area contributed by atoms with Gasteiger partial charge in [0.25, 0.3) is 0 Å². The number of hydrogen-bond acceptors (Lipinski definition) is 0. The summed E-state index contributed by atoms with van der Waals surface area (Å²) in [6.45, 7) is 7.56. The number of rotatable bonds is 5. The van der Waals surface area contributed by atoms with Gasteiger partial charge in [-0.2, -0.15) is 0 Å². The quantitative estimate of drug-likeness (QED) is 0.320. The van der Waals surface area contributed by atoms with Gasteiger partial charge in [0.15, 0.2) is 11.6 Å². The maximum Gasteiger partial charge on any atom is 0.174 e. The predicted octanol–water partition coefficient (Wildman–Crippen LogP) is 8.11. The van der Waals surface area contributed by atoms with Crippen molar-refractivity contribution >= 4 is 0 Å². The minimum Gasteiger partial charge on any atom is -0.206 e. The molecule has 3 heteroatoms. The van der Waals surface area contributed by atoms with Crippen LogP contribution in [0.1, 0.15) is 73.1 Å². The summed E-state index contributed by atoms with van der Waals surface area (Å²) >= 11 is 0. The highest BCUT2D eigenvalue weighted by Gasteiger charge is 2.35. The molecule has 2 aliphatic carbocycles. The molecule has 2 aliphatic rings. The smallest absolute Gasteiger partial charge is 0.174 e. The summed E-state index contributed by atoms with van der Waals surface area (Å²) in [6, 6.07) is 8.19. The van der Waals surface area contributed by atoms with Crippen LogP contribution in [0.25, 0.3) is 0 Å². The Kier molecular flexibility index (Phi) is 7.43. The van der Waals surface area contributed by atoms with Crippen molar-refractivity contribution in [3.63, 3.8) is 0 Å². The lowest BCUT2D eigenvalue weighted by molar-refractivity contribution is 0.133. The van der Waals surface area contributed by atoms with E-state index in [2.05, 4.69) is 31.1 Å². The average molecular weight is 449 g/mol. The Bertz CT molecular complexity index is 1090. The molecular weight excluding hydrogens is 417 g/mol. The lowest BCUT2D eigenvalue weighted by atomic mass is 9.64. The van der Waals surface area contributed by atoms with Crippen LogP contribution >= 0.6 is 0 Å². The van der Waals surface area contributed by atoms with Gasteiger partial charge < -0.3 is 0 Å². The van der Waals surface area contributed by atoms with Crippen LogP contribution in [0.2, 0.25) is 0 Å². The van der Waals surface area contributed by atoms with Gasteiger partial charge in [-0.05, 0) is 104 Å². The van der Waals surface area contributed by atoms with Gasteiger partial charge in [0.05, 0.1) is 11.1 Å². The van der Waals surface area contributed by atoms with Crippen LogP contribution in [-0.2, 0) is 6.42 Å². The summed E-state index contributed by atoms with van der Waals surface area (Å²) in [5.41, 5.74) is 1.45. The van der Waals surface area contributed by atoms with Crippen molar-refractivity contribution in [3.05, 3.63) is 95.3 Å². The summed E-state index contributed by atoms with van der Waals surface area (Å²) in [6.07, 6.45) is 11.8. The number of halogens is 3. The van der Waals surface area contributed by atoms with Crippen LogP contribution in [0, 0.1) is 47.0 Å². The fourth-order valence-corrected chi connectivity index (χ4v) is 5.60. The summed E-state index contributed by atoms with van der Waals surface area (Å²) in [4.78, 5) is 0. The van der Waals surface area contributed by atoms with Crippen molar-refractivity contribution in [2.75, 3.05) is 0 Å². The maximum absolute atomic E-state index is 14.8. The summed E-state index contributed by atoms with van der Waals surface area (Å²) in [7, 11) is 0. The highest BCUT2D eigenvalue weighted by Crippen LogP contribution is 2.47. The van der Waals surface area contributed by atoms with E-state index in [1.807, 2.05) is 6.07 Å². The molecule has 0 nitrogen and oxygen atoms in total. The number of allylic oxidation sites excluding steroid dienone is 2. The molecule has 4 unspecified atom stereocenters. The summed E-state index contributed by atoms with van der Waals surface area (Å²) in [5.74, 6) is 5.53. The van der Waals surface area contributed by atoms with Gasteiger partial charge in [0.1, 0.15) is 5.82 Å². The summed E-state index contributed by atoms with van der Waals surface area (Å²) in [5, 5.41) is 0. The summed E-state index contributed by atoms with van der Waals surface area (Å²) < 4.78 is 43.5. The average Bonchev–Trinajstić information content (AvgIpc) is 2.84. The molecule has 0 radical (unpaired) electrons. The molecule has 2 fully saturated rings. The molecular formula is C30H31F3. The van der Waals surface area contributed by atoms with Crippen LogP contribution in [0.5, 0.6) is 0 Å². The molecule has 0 N–H and O–H groups in total. The Balaban J connectivity index is 1.46. The van der Waals surface area contributed by atoms with Crippen molar-refractivity contribution < 1.29 is 13.2 Å². The Hall–Kier alpha value is -2.73. The maximum atomic E-state index is 14.8.